The molecule has 1 heteroatoms. The average molecular weight is 158 g/mol. The van der Waals surface area contributed by atoms with Gasteiger partial charge in [-0.2, -0.15) is 0 Å². The van der Waals surface area contributed by atoms with E-state index in [9.17, 15) is 5.11 Å². The Labute approximate surface area is 70.8 Å². The van der Waals surface area contributed by atoms with Crippen molar-refractivity contribution in [2.24, 2.45) is 5.92 Å². The third-order valence-electron chi connectivity index (χ3n) is 2.97. The predicted molar refractivity (Wildman–Crippen MR) is 49.6 cm³/mol. The molecule has 0 aliphatic rings. The summed E-state index contributed by atoms with van der Waals surface area (Å²) in [5.74, 6) is 0.484. The number of hydrogen-bond acceptors (Lipinski definition) is 1. The normalized spacial score (nSPS) is 12.5. The van der Waals surface area contributed by atoms with E-state index in [-0.39, 0.29) is 0 Å². The lowest BCUT2D eigenvalue weighted by Crippen LogP contribution is -2.35. The second-order valence-electron chi connectivity index (χ2n) is 3.32. The van der Waals surface area contributed by atoms with Crippen molar-refractivity contribution in [2.75, 3.05) is 0 Å². The van der Waals surface area contributed by atoms with Crippen LogP contribution in [0.2, 0.25) is 0 Å². The fourth-order valence-corrected chi connectivity index (χ4v) is 1.88. The zero-order chi connectivity index (χ0) is 8.91. The fourth-order valence-electron chi connectivity index (χ4n) is 1.88. The lowest BCUT2D eigenvalue weighted by molar-refractivity contribution is -0.0288. The second kappa shape index (κ2) is 4.76. The van der Waals surface area contributed by atoms with Crippen molar-refractivity contribution in [2.45, 2.75) is 59.0 Å². The van der Waals surface area contributed by atoms with E-state index < -0.39 is 5.60 Å². The summed E-state index contributed by atoms with van der Waals surface area (Å²) in [6.45, 7) is 8.46. The van der Waals surface area contributed by atoms with Crippen LogP contribution < -0.4 is 0 Å². The van der Waals surface area contributed by atoms with Crippen LogP contribution in [-0.4, -0.2) is 10.7 Å². The summed E-state index contributed by atoms with van der Waals surface area (Å²) in [6.07, 6.45) is 3.95. The summed E-state index contributed by atoms with van der Waals surface area (Å²) >= 11 is 0. The molecule has 0 aromatic heterocycles. The molecule has 0 amide bonds. The molecule has 0 atom stereocenters. The van der Waals surface area contributed by atoms with Crippen LogP contribution in [0, 0.1) is 5.92 Å². The van der Waals surface area contributed by atoms with E-state index in [2.05, 4.69) is 27.7 Å². The van der Waals surface area contributed by atoms with E-state index in [0.29, 0.717) is 5.92 Å². The predicted octanol–water partition coefficient (Wildman–Crippen LogP) is 2.97. The average Bonchev–Trinajstić information content (AvgIpc) is 2.06. The molecule has 0 heterocycles. The van der Waals surface area contributed by atoms with Crippen LogP contribution in [0.25, 0.3) is 0 Å². The molecule has 1 N–H and O–H groups in total. The minimum Gasteiger partial charge on any atom is -0.390 e. The van der Waals surface area contributed by atoms with Gasteiger partial charge in [0.2, 0.25) is 0 Å². The van der Waals surface area contributed by atoms with Crippen molar-refractivity contribution in [1.29, 1.82) is 0 Å². The maximum Gasteiger partial charge on any atom is 0.0670 e. The van der Waals surface area contributed by atoms with E-state index in [1.54, 1.807) is 0 Å². The van der Waals surface area contributed by atoms with Crippen LogP contribution in [0.15, 0.2) is 0 Å². The van der Waals surface area contributed by atoms with Gasteiger partial charge in [0, 0.05) is 0 Å². The van der Waals surface area contributed by atoms with Gasteiger partial charge in [0.15, 0.2) is 0 Å². The molecule has 0 radical (unpaired) electrons. The fraction of sp³-hybridized carbons (Fsp3) is 1.00. The number of rotatable bonds is 5. The van der Waals surface area contributed by atoms with Crippen LogP contribution in [-0.2, 0) is 0 Å². The zero-order valence-electron chi connectivity index (χ0n) is 8.35. The first-order chi connectivity index (χ1) is 5.14. The van der Waals surface area contributed by atoms with Gasteiger partial charge in [0.1, 0.15) is 0 Å². The van der Waals surface area contributed by atoms with Gasteiger partial charge in [0.25, 0.3) is 0 Å². The van der Waals surface area contributed by atoms with E-state index in [0.717, 1.165) is 25.7 Å². The summed E-state index contributed by atoms with van der Waals surface area (Å²) in [5, 5.41) is 10.1. The highest BCUT2D eigenvalue weighted by molar-refractivity contribution is 4.82. The molecule has 0 saturated heterocycles. The molecular formula is C10H22O. The Kier molecular flexibility index (Phi) is 4.74. The van der Waals surface area contributed by atoms with Crippen molar-refractivity contribution in [3.8, 4) is 0 Å². The molecular weight excluding hydrogens is 136 g/mol. The highest BCUT2D eigenvalue weighted by Gasteiger charge is 2.30. The molecule has 1 nitrogen and oxygen atoms in total. The summed E-state index contributed by atoms with van der Waals surface area (Å²) in [6, 6.07) is 0. The largest absolute Gasteiger partial charge is 0.390 e. The lowest BCUT2D eigenvalue weighted by Gasteiger charge is -2.33. The monoisotopic (exact) mass is 158 g/mol. The van der Waals surface area contributed by atoms with Crippen LogP contribution in [0.3, 0.4) is 0 Å². The lowest BCUT2D eigenvalue weighted by atomic mass is 9.80. The van der Waals surface area contributed by atoms with Crippen molar-refractivity contribution < 1.29 is 5.11 Å². The first kappa shape index (κ1) is 11.0. The van der Waals surface area contributed by atoms with Gasteiger partial charge < -0.3 is 5.11 Å². The second-order valence-corrected chi connectivity index (χ2v) is 3.32. The molecule has 0 bridgehead atoms. The maximum absolute atomic E-state index is 10.1. The zero-order valence-corrected chi connectivity index (χ0v) is 8.35. The molecule has 0 fully saturated rings. The minimum absolute atomic E-state index is 0.399. The molecule has 0 spiro atoms. The Hall–Kier alpha value is -0.0400. The Morgan fingerprint density at radius 2 is 1.36 bits per heavy atom. The Balaban J connectivity index is 4.19. The summed E-state index contributed by atoms with van der Waals surface area (Å²) < 4.78 is 0. The van der Waals surface area contributed by atoms with Gasteiger partial charge in [0.05, 0.1) is 5.60 Å². The van der Waals surface area contributed by atoms with Crippen LogP contribution in [0.4, 0.5) is 0 Å². The molecule has 11 heavy (non-hydrogen) atoms. The Bertz CT molecular complexity index is 91.0. The molecule has 0 aromatic carbocycles. The quantitative estimate of drug-likeness (QED) is 0.652. The van der Waals surface area contributed by atoms with Crippen molar-refractivity contribution in [1.82, 2.24) is 0 Å². The highest BCUT2D eigenvalue weighted by atomic mass is 16.3. The van der Waals surface area contributed by atoms with Crippen molar-refractivity contribution in [3.63, 3.8) is 0 Å². The molecule has 0 aliphatic carbocycles. The van der Waals surface area contributed by atoms with E-state index in [4.69, 9.17) is 0 Å². The third-order valence-corrected chi connectivity index (χ3v) is 2.97. The van der Waals surface area contributed by atoms with Gasteiger partial charge in [-0.05, 0) is 18.8 Å². The van der Waals surface area contributed by atoms with Gasteiger partial charge in [-0.1, -0.05) is 40.5 Å². The highest BCUT2D eigenvalue weighted by Crippen LogP contribution is 2.29. The molecule has 0 rings (SSSR count). The standard InChI is InChI=1S/C10H22O/c1-5-9(6-2)10(11,7-3)8-4/h9,11H,5-8H2,1-4H3. The van der Waals surface area contributed by atoms with E-state index in [1.807, 2.05) is 0 Å². The summed E-state index contributed by atoms with van der Waals surface area (Å²) in [4.78, 5) is 0. The van der Waals surface area contributed by atoms with Crippen LogP contribution in [0.1, 0.15) is 53.4 Å². The van der Waals surface area contributed by atoms with Crippen molar-refractivity contribution in [3.05, 3.63) is 0 Å². The van der Waals surface area contributed by atoms with Crippen molar-refractivity contribution >= 4 is 0 Å². The van der Waals surface area contributed by atoms with Gasteiger partial charge in [-0.15, -0.1) is 0 Å². The number of hydrogen-bond donors (Lipinski definition) is 1. The molecule has 0 saturated carbocycles. The first-order valence-electron chi connectivity index (χ1n) is 4.86. The topological polar surface area (TPSA) is 20.2 Å². The van der Waals surface area contributed by atoms with E-state index >= 15 is 0 Å². The SMILES string of the molecule is CCC(CC)C(O)(CC)CC. The van der Waals surface area contributed by atoms with Gasteiger partial charge in [-0.25, -0.2) is 0 Å². The van der Waals surface area contributed by atoms with E-state index in [1.165, 1.54) is 0 Å². The molecule has 0 unspecified atom stereocenters. The van der Waals surface area contributed by atoms with Crippen LogP contribution in [0.5, 0.6) is 0 Å². The molecule has 0 aliphatic heterocycles. The van der Waals surface area contributed by atoms with Gasteiger partial charge >= 0.3 is 0 Å². The summed E-state index contributed by atoms with van der Waals surface area (Å²) in [5.41, 5.74) is -0.399. The van der Waals surface area contributed by atoms with Crippen LogP contribution >= 0.6 is 0 Å². The third kappa shape index (κ3) is 2.48. The molecule has 0 aromatic rings. The maximum atomic E-state index is 10.1. The molecule has 68 valence electrons. The minimum atomic E-state index is -0.399. The first-order valence-corrected chi connectivity index (χ1v) is 4.86. The van der Waals surface area contributed by atoms with Gasteiger partial charge in [-0.3, -0.25) is 0 Å². The Morgan fingerprint density at radius 1 is 1.00 bits per heavy atom. The smallest absolute Gasteiger partial charge is 0.0670 e. The summed E-state index contributed by atoms with van der Waals surface area (Å²) in [7, 11) is 0. The Morgan fingerprint density at radius 3 is 1.45 bits per heavy atom. The number of aliphatic hydroxyl groups is 1.